The summed E-state index contributed by atoms with van der Waals surface area (Å²) in [5.41, 5.74) is 7.91. The molecule has 1 aromatic carbocycles. The van der Waals surface area contributed by atoms with Crippen molar-refractivity contribution in [2.75, 3.05) is 12.4 Å². The first-order valence-corrected chi connectivity index (χ1v) is 9.23. The first-order chi connectivity index (χ1) is 13.4. The molecule has 1 fully saturated rings. The van der Waals surface area contributed by atoms with Crippen LogP contribution < -0.4 is 0 Å². The van der Waals surface area contributed by atoms with E-state index in [9.17, 15) is 19.5 Å². The fourth-order valence-corrected chi connectivity index (χ4v) is 4.33. The van der Waals surface area contributed by atoms with Crippen molar-refractivity contribution in [3.8, 4) is 0 Å². The maximum atomic E-state index is 12.8. The van der Waals surface area contributed by atoms with Crippen LogP contribution in [0.25, 0.3) is 10.4 Å². The predicted molar refractivity (Wildman–Crippen MR) is 97.5 cm³/mol. The molecule has 1 aromatic rings. The highest BCUT2D eigenvalue weighted by atomic mass is 32.2. The summed E-state index contributed by atoms with van der Waals surface area (Å²) in [4.78, 5) is 39.4. The quantitative estimate of drug-likeness (QED) is 0.241. The number of hydrogen-bond acceptors (Lipinski definition) is 7. The third-order valence-electron chi connectivity index (χ3n) is 4.23. The molecule has 0 spiro atoms. The Bertz CT molecular complexity index is 898. The van der Waals surface area contributed by atoms with Crippen LogP contribution in [0.5, 0.6) is 0 Å². The summed E-state index contributed by atoms with van der Waals surface area (Å²) in [5, 5.41) is 12.3. The minimum absolute atomic E-state index is 0.0168. The van der Waals surface area contributed by atoms with Crippen molar-refractivity contribution in [2.45, 2.75) is 24.6 Å². The van der Waals surface area contributed by atoms with E-state index < -0.39 is 28.9 Å². The van der Waals surface area contributed by atoms with Crippen LogP contribution in [-0.4, -0.2) is 51.3 Å². The number of aliphatic carboxylic acids is 1. The molecule has 0 saturated carbocycles. The zero-order chi connectivity index (χ0) is 20.3. The first-order valence-electron chi connectivity index (χ1n) is 8.18. The molecule has 2 aliphatic rings. The van der Waals surface area contributed by atoms with Gasteiger partial charge in [-0.2, -0.15) is 0 Å². The number of hydrogen-bond donors (Lipinski definition) is 1. The Morgan fingerprint density at radius 3 is 2.71 bits per heavy atom. The van der Waals surface area contributed by atoms with Gasteiger partial charge in [0.05, 0.1) is 6.61 Å². The van der Waals surface area contributed by atoms with Gasteiger partial charge in [-0.15, -0.1) is 11.8 Å². The largest absolute Gasteiger partial charge is 0.477 e. The van der Waals surface area contributed by atoms with Gasteiger partial charge in [-0.25, -0.2) is 4.79 Å². The van der Waals surface area contributed by atoms with E-state index in [2.05, 4.69) is 10.0 Å². The third-order valence-corrected chi connectivity index (χ3v) is 5.59. The third kappa shape index (κ3) is 3.42. The Kier molecular flexibility index (Phi) is 5.59. The van der Waals surface area contributed by atoms with Crippen molar-refractivity contribution >= 4 is 29.6 Å². The molecule has 0 aliphatic carbocycles. The topological polar surface area (TPSA) is 142 Å². The van der Waals surface area contributed by atoms with Crippen LogP contribution in [-0.2, 0) is 30.5 Å². The number of carboxylic acid groups (broad SMARTS) is 1. The summed E-state index contributed by atoms with van der Waals surface area (Å²) in [5.74, 6) is -2.48. The van der Waals surface area contributed by atoms with E-state index in [1.165, 1.54) is 18.7 Å². The zero-order valence-corrected chi connectivity index (χ0v) is 15.6. The summed E-state index contributed by atoms with van der Waals surface area (Å²) in [6, 6.07) is 9.01. The SMILES string of the molecule is CC(=O)OCC1=C(C(=O)O)N2C(=O)C(N=[N+]=[N-])(OCc3ccccc3)[C@H]2SC1. The molecule has 2 aliphatic heterocycles. The molecular formula is C17H16N4O6S. The van der Waals surface area contributed by atoms with Crippen LogP contribution >= 0.6 is 11.8 Å². The lowest BCUT2D eigenvalue weighted by molar-refractivity contribution is -0.190. The minimum atomic E-state index is -1.83. The lowest BCUT2D eigenvalue weighted by Crippen LogP contribution is -2.73. The maximum absolute atomic E-state index is 12.8. The van der Waals surface area contributed by atoms with Crippen LogP contribution in [0.3, 0.4) is 0 Å². The van der Waals surface area contributed by atoms with E-state index >= 15 is 0 Å². The van der Waals surface area contributed by atoms with Crippen molar-refractivity contribution in [3.05, 3.63) is 57.6 Å². The molecule has 3 rings (SSSR count). The van der Waals surface area contributed by atoms with Gasteiger partial charge in [-0.05, 0) is 16.2 Å². The normalized spacial score (nSPS) is 23.4. The fourth-order valence-electron chi connectivity index (χ4n) is 2.96. The number of thioether (sulfide) groups is 1. The van der Waals surface area contributed by atoms with E-state index in [1.807, 2.05) is 6.07 Å². The van der Waals surface area contributed by atoms with Crippen LogP contribution in [0.4, 0.5) is 0 Å². The molecule has 0 aromatic heterocycles. The lowest BCUT2D eigenvalue weighted by atomic mass is 9.99. The van der Waals surface area contributed by atoms with Gasteiger partial charge in [0, 0.05) is 23.2 Å². The van der Waals surface area contributed by atoms with E-state index in [0.29, 0.717) is 0 Å². The highest BCUT2D eigenvalue weighted by Gasteiger charge is 2.66. The zero-order valence-electron chi connectivity index (χ0n) is 14.8. The Labute approximate surface area is 163 Å². The number of carbonyl (C=O) groups is 3. The smallest absolute Gasteiger partial charge is 0.352 e. The van der Waals surface area contributed by atoms with Crippen molar-refractivity contribution < 1.29 is 29.0 Å². The highest BCUT2D eigenvalue weighted by molar-refractivity contribution is 8.00. The molecule has 146 valence electrons. The van der Waals surface area contributed by atoms with E-state index in [0.717, 1.165) is 10.5 Å². The molecule has 1 amide bonds. The molecule has 28 heavy (non-hydrogen) atoms. The van der Waals surface area contributed by atoms with Crippen molar-refractivity contribution in [1.82, 2.24) is 4.90 Å². The number of esters is 1. The highest BCUT2D eigenvalue weighted by Crippen LogP contribution is 2.49. The van der Waals surface area contributed by atoms with Crippen molar-refractivity contribution in [2.24, 2.45) is 5.11 Å². The fraction of sp³-hybridized carbons (Fsp3) is 0.353. The molecule has 2 atom stereocenters. The molecule has 10 nitrogen and oxygen atoms in total. The molecule has 0 radical (unpaired) electrons. The Morgan fingerprint density at radius 1 is 1.39 bits per heavy atom. The van der Waals surface area contributed by atoms with Crippen molar-refractivity contribution in [1.29, 1.82) is 0 Å². The number of azide groups is 1. The summed E-state index contributed by atoms with van der Waals surface area (Å²) in [6.07, 6.45) is 0. The van der Waals surface area contributed by atoms with Crippen LogP contribution in [0.1, 0.15) is 12.5 Å². The van der Waals surface area contributed by atoms with Gasteiger partial charge in [-0.3, -0.25) is 14.5 Å². The molecule has 2 heterocycles. The number of rotatable bonds is 7. The summed E-state index contributed by atoms with van der Waals surface area (Å²) in [6.45, 7) is 0.988. The van der Waals surface area contributed by atoms with Gasteiger partial charge in [0.15, 0.2) is 0 Å². The van der Waals surface area contributed by atoms with Crippen LogP contribution in [0.2, 0.25) is 0 Å². The minimum Gasteiger partial charge on any atom is -0.477 e. The molecule has 1 unspecified atom stereocenters. The van der Waals surface area contributed by atoms with Gasteiger partial charge in [0.2, 0.25) is 0 Å². The number of amides is 1. The van der Waals surface area contributed by atoms with Crippen LogP contribution in [0.15, 0.2) is 46.7 Å². The number of ether oxygens (including phenoxy) is 2. The summed E-state index contributed by atoms with van der Waals surface area (Å²) in [7, 11) is 0. The second-order valence-corrected chi connectivity index (χ2v) is 7.10. The predicted octanol–water partition coefficient (Wildman–Crippen LogP) is 2.03. The van der Waals surface area contributed by atoms with Gasteiger partial charge in [0.1, 0.15) is 17.7 Å². The molecule has 1 saturated heterocycles. The second kappa shape index (κ2) is 7.93. The first kappa shape index (κ1) is 19.7. The molecule has 0 bridgehead atoms. The number of benzene rings is 1. The second-order valence-electron chi connectivity index (χ2n) is 6.04. The van der Waals surface area contributed by atoms with Gasteiger partial charge in [0.25, 0.3) is 11.6 Å². The molecule has 1 N–H and O–H groups in total. The standard InChI is InChI=1S/C17H16N4O6S/c1-10(22)26-8-12-9-28-16-17(19-20-18,15(25)21(16)13(12)14(23)24)27-7-11-5-3-2-4-6-11/h2-6,16H,7-9H2,1H3,(H,23,24)/t16-,17?/m1/s1. The Balaban J connectivity index is 1.88. The maximum Gasteiger partial charge on any atom is 0.352 e. The monoisotopic (exact) mass is 404 g/mol. The van der Waals surface area contributed by atoms with E-state index in [4.69, 9.17) is 15.0 Å². The van der Waals surface area contributed by atoms with Crippen molar-refractivity contribution in [3.63, 3.8) is 0 Å². The number of nitrogens with zero attached hydrogens (tertiary/aromatic N) is 4. The Morgan fingerprint density at radius 2 is 2.11 bits per heavy atom. The summed E-state index contributed by atoms with van der Waals surface area (Å²) < 4.78 is 10.6. The van der Waals surface area contributed by atoms with Gasteiger partial charge in [-0.1, -0.05) is 30.3 Å². The number of β-lactam (4-membered cyclic amide) rings is 1. The molecule has 11 heteroatoms. The lowest BCUT2D eigenvalue weighted by Gasteiger charge is -2.54. The average Bonchev–Trinajstić information content (AvgIpc) is 2.69. The number of fused-ring (bicyclic) bond motifs is 1. The average molecular weight is 404 g/mol. The van der Waals surface area contributed by atoms with E-state index in [1.54, 1.807) is 24.3 Å². The Hall–Kier alpha value is -3.01. The van der Waals surface area contributed by atoms with E-state index in [-0.39, 0.29) is 30.2 Å². The summed E-state index contributed by atoms with van der Waals surface area (Å²) >= 11 is 1.18. The molecular weight excluding hydrogens is 388 g/mol. The van der Waals surface area contributed by atoms with Crippen LogP contribution in [0, 0.1) is 0 Å². The number of carbonyl (C=O) groups excluding carboxylic acids is 2. The number of carboxylic acids is 1. The van der Waals surface area contributed by atoms with Gasteiger partial charge >= 0.3 is 11.9 Å². The van der Waals surface area contributed by atoms with Gasteiger partial charge < -0.3 is 14.6 Å².